The van der Waals surface area contributed by atoms with E-state index in [0.717, 1.165) is 36.3 Å². The number of carboxylic acid groups (broad SMARTS) is 1. The van der Waals surface area contributed by atoms with Crippen molar-refractivity contribution in [2.75, 3.05) is 19.7 Å². The third-order valence-electron chi connectivity index (χ3n) is 4.50. The van der Waals surface area contributed by atoms with Crippen molar-refractivity contribution in [3.8, 4) is 5.75 Å². The molecule has 0 saturated heterocycles. The number of ether oxygens (including phenoxy) is 1. The van der Waals surface area contributed by atoms with E-state index in [9.17, 15) is 4.79 Å². The average molecular weight is 418 g/mol. The largest absolute Gasteiger partial charge is 0.493 e. The summed E-state index contributed by atoms with van der Waals surface area (Å²) in [5, 5.41) is 11.7. The van der Waals surface area contributed by atoms with Crippen LogP contribution in [0.2, 0.25) is 0 Å². The van der Waals surface area contributed by atoms with E-state index in [4.69, 9.17) is 9.84 Å². The van der Waals surface area contributed by atoms with Gasteiger partial charge in [-0.3, -0.25) is 4.79 Å². The molecule has 5 heteroatoms. The second kappa shape index (κ2) is 14.7. The Morgan fingerprint density at radius 2 is 1.90 bits per heavy atom. The highest BCUT2D eigenvalue weighted by Gasteiger charge is 2.01. The molecule has 0 aliphatic heterocycles. The van der Waals surface area contributed by atoms with E-state index >= 15 is 0 Å². The van der Waals surface area contributed by atoms with Gasteiger partial charge in [0.05, 0.1) is 13.0 Å². The minimum Gasteiger partial charge on any atom is -0.493 e. The van der Waals surface area contributed by atoms with Gasteiger partial charge in [0.1, 0.15) is 5.75 Å². The van der Waals surface area contributed by atoms with Gasteiger partial charge in [-0.2, -0.15) is 0 Å². The molecule has 158 valence electrons. The molecular weight excluding hydrogens is 386 g/mol. The molecular formula is C24H32ClNO3. The number of nitrogens with one attached hydrogen (secondary N) is 1. The van der Waals surface area contributed by atoms with Crippen LogP contribution in [0, 0.1) is 6.92 Å². The van der Waals surface area contributed by atoms with E-state index in [0.29, 0.717) is 13.1 Å². The summed E-state index contributed by atoms with van der Waals surface area (Å²) < 4.78 is 5.93. The molecule has 2 aromatic carbocycles. The van der Waals surface area contributed by atoms with Gasteiger partial charge in [0.25, 0.3) is 0 Å². The van der Waals surface area contributed by atoms with Gasteiger partial charge in [0.2, 0.25) is 0 Å². The van der Waals surface area contributed by atoms with Crippen molar-refractivity contribution in [3.63, 3.8) is 0 Å². The maximum atomic E-state index is 10.4. The van der Waals surface area contributed by atoms with Gasteiger partial charge in [0, 0.05) is 13.1 Å². The summed E-state index contributed by atoms with van der Waals surface area (Å²) in [5.41, 5.74) is 3.65. The number of hydrogen-bond donors (Lipinski definition) is 2. The normalized spacial score (nSPS) is 10.7. The average Bonchev–Trinajstić information content (AvgIpc) is 2.69. The molecule has 2 aromatic rings. The molecule has 0 aliphatic carbocycles. The number of carbonyl (C=O) groups is 1. The number of aliphatic carboxylic acids is 1. The maximum absolute atomic E-state index is 10.4. The van der Waals surface area contributed by atoms with E-state index in [1.807, 2.05) is 24.3 Å². The zero-order chi connectivity index (χ0) is 20.0. The number of hydrogen-bond acceptors (Lipinski definition) is 3. The molecule has 0 amide bonds. The van der Waals surface area contributed by atoms with Gasteiger partial charge < -0.3 is 15.2 Å². The highest BCUT2D eigenvalue weighted by atomic mass is 35.5. The molecule has 0 aliphatic rings. The Hall–Kier alpha value is -2.30. The Kier molecular flexibility index (Phi) is 12.5. The molecule has 0 aromatic heterocycles. The lowest BCUT2D eigenvalue weighted by Crippen LogP contribution is -2.17. The van der Waals surface area contributed by atoms with Crippen molar-refractivity contribution < 1.29 is 14.6 Å². The summed E-state index contributed by atoms with van der Waals surface area (Å²) in [6.07, 6.45) is 8.74. The van der Waals surface area contributed by atoms with E-state index in [1.165, 1.54) is 18.4 Å². The molecule has 0 atom stereocenters. The summed E-state index contributed by atoms with van der Waals surface area (Å²) >= 11 is 0. The SMILES string of the molecule is Cc1cc(C=CCNCCC(=O)O)ccc1OCCCCCc1ccccc1.Cl. The topological polar surface area (TPSA) is 58.6 Å². The van der Waals surface area contributed by atoms with Crippen LogP contribution in [0.25, 0.3) is 6.08 Å². The van der Waals surface area contributed by atoms with Crippen molar-refractivity contribution in [2.45, 2.75) is 39.0 Å². The van der Waals surface area contributed by atoms with E-state index in [2.05, 4.69) is 48.6 Å². The maximum Gasteiger partial charge on any atom is 0.304 e. The third-order valence-corrected chi connectivity index (χ3v) is 4.50. The Morgan fingerprint density at radius 1 is 1.10 bits per heavy atom. The monoisotopic (exact) mass is 417 g/mol. The summed E-state index contributed by atoms with van der Waals surface area (Å²) in [6, 6.07) is 16.8. The number of halogens is 1. The number of carboxylic acids is 1. The summed E-state index contributed by atoms with van der Waals surface area (Å²) in [4.78, 5) is 10.4. The first-order valence-corrected chi connectivity index (χ1v) is 10.0. The predicted molar refractivity (Wildman–Crippen MR) is 122 cm³/mol. The lowest BCUT2D eigenvalue weighted by molar-refractivity contribution is -0.136. The fourth-order valence-electron chi connectivity index (χ4n) is 2.95. The zero-order valence-electron chi connectivity index (χ0n) is 17.1. The third kappa shape index (κ3) is 10.7. The van der Waals surface area contributed by atoms with Gasteiger partial charge in [-0.25, -0.2) is 0 Å². The van der Waals surface area contributed by atoms with Crippen molar-refractivity contribution in [1.29, 1.82) is 0 Å². The smallest absolute Gasteiger partial charge is 0.304 e. The standard InChI is InChI=1S/C24H31NO3.ClH/c1-20-19-22(12-8-16-25-17-15-24(26)27)13-14-23(20)28-18-7-3-6-11-21-9-4-2-5-10-21;/h2,4-5,8-10,12-14,19,25H,3,6-7,11,15-18H2,1H3,(H,26,27);1H. The molecule has 0 radical (unpaired) electrons. The number of benzene rings is 2. The first-order valence-electron chi connectivity index (χ1n) is 10.0. The molecule has 29 heavy (non-hydrogen) atoms. The first kappa shape index (κ1) is 24.7. The summed E-state index contributed by atoms with van der Waals surface area (Å²) in [6.45, 7) is 3.95. The molecule has 0 saturated carbocycles. The molecule has 0 fully saturated rings. The second-order valence-electron chi connectivity index (χ2n) is 6.92. The fourth-order valence-corrected chi connectivity index (χ4v) is 2.95. The van der Waals surface area contributed by atoms with Crippen LogP contribution in [-0.2, 0) is 11.2 Å². The van der Waals surface area contributed by atoms with Crippen molar-refractivity contribution in [1.82, 2.24) is 5.32 Å². The molecule has 2 N–H and O–H groups in total. The van der Waals surface area contributed by atoms with Gasteiger partial charge in [0.15, 0.2) is 0 Å². The number of rotatable bonds is 13. The van der Waals surface area contributed by atoms with E-state index in [1.54, 1.807) is 0 Å². The van der Waals surface area contributed by atoms with Gasteiger partial charge in [-0.15, -0.1) is 12.4 Å². The molecule has 0 spiro atoms. The number of unbranched alkanes of at least 4 members (excludes halogenated alkanes) is 2. The lowest BCUT2D eigenvalue weighted by atomic mass is 10.1. The second-order valence-corrected chi connectivity index (χ2v) is 6.92. The molecule has 0 heterocycles. The van der Waals surface area contributed by atoms with E-state index in [-0.39, 0.29) is 18.8 Å². The van der Waals surface area contributed by atoms with Crippen LogP contribution in [0.3, 0.4) is 0 Å². The zero-order valence-corrected chi connectivity index (χ0v) is 17.9. The van der Waals surface area contributed by atoms with E-state index < -0.39 is 5.97 Å². The van der Waals surface area contributed by atoms with Gasteiger partial charge in [-0.05, 0) is 61.4 Å². The Labute approximate surface area is 180 Å². The van der Waals surface area contributed by atoms with Crippen LogP contribution in [0.5, 0.6) is 5.75 Å². The van der Waals surface area contributed by atoms with Gasteiger partial charge >= 0.3 is 5.97 Å². The lowest BCUT2D eigenvalue weighted by Gasteiger charge is -2.10. The van der Waals surface area contributed by atoms with Crippen LogP contribution in [-0.4, -0.2) is 30.8 Å². The highest BCUT2D eigenvalue weighted by molar-refractivity contribution is 5.85. The first-order chi connectivity index (χ1) is 13.6. The highest BCUT2D eigenvalue weighted by Crippen LogP contribution is 2.20. The molecule has 0 bridgehead atoms. The van der Waals surface area contributed by atoms with Crippen molar-refractivity contribution in [2.24, 2.45) is 0 Å². The van der Waals surface area contributed by atoms with Crippen LogP contribution in [0.1, 0.15) is 42.4 Å². The van der Waals surface area contributed by atoms with Crippen molar-refractivity contribution >= 4 is 24.5 Å². The Morgan fingerprint density at radius 3 is 2.62 bits per heavy atom. The summed E-state index contributed by atoms with van der Waals surface area (Å²) in [5.74, 6) is 0.165. The predicted octanol–water partition coefficient (Wildman–Crippen LogP) is 5.29. The van der Waals surface area contributed by atoms with Gasteiger partial charge in [-0.1, -0.05) is 48.6 Å². The summed E-state index contributed by atoms with van der Waals surface area (Å²) in [7, 11) is 0. The Balaban J connectivity index is 0.00000420. The van der Waals surface area contributed by atoms with Crippen LogP contribution in [0.4, 0.5) is 0 Å². The number of aryl methyl sites for hydroxylation is 2. The quantitative estimate of drug-likeness (QED) is 0.435. The minimum absolute atomic E-state index is 0. The van der Waals surface area contributed by atoms with Crippen molar-refractivity contribution in [3.05, 3.63) is 71.3 Å². The van der Waals surface area contributed by atoms with Crippen LogP contribution in [0.15, 0.2) is 54.6 Å². The fraction of sp³-hybridized carbons (Fsp3) is 0.375. The molecule has 2 rings (SSSR count). The molecule has 4 nitrogen and oxygen atoms in total. The van der Waals surface area contributed by atoms with Crippen LogP contribution < -0.4 is 10.1 Å². The van der Waals surface area contributed by atoms with Crippen LogP contribution >= 0.6 is 12.4 Å². The Bertz CT molecular complexity index is 747. The minimum atomic E-state index is -0.779. The molecule has 0 unspecified atom stereocenters.